The fourth-order valence-corrected chi connectivity index (χ4v) is 4.13. The second-order valence-electron chi connectivity index (χ2n) is 8.92. The molecule has 5 aromatic rings. The Balaban J connectivity index is 1.17. The zero-order valence-corrected chi connectivity index (χ0v) is 21.2. The Hall–Kier alpha value is -5.34. The summed E-state index contributed by atoms with van der Waals surface area (Å²) in [5.74, 6) is 0.917. The number of carbonyl (C=O) groups is 1. The van der Waals surface area contributed by atoms with Crippen molar-refractivity contribution in [3.63, 3.8) is 0 Å². The van der Waals surface area contributed by atoms with E-state index in [1.165, 1.54) is 10.8 Å². The van der Waals surface area contributed by atoms with E-state index in [1.54, 1.807) is 30.3 Å². The topological polar surface area (TPSA) is 71.3 Å². The SMILES string of the molecule is N#C/C(=C\c1ccc(OCc2cccc3ccccc23)cc1)C(=O)Nc1ccc(OCc2ccccc2)cc1. The number of fused-ring (bicyclic) bond motifs is 1. The van der Waals surface area contributed by atoms with Crippen LogP contribution in [0.4, 0.5) is 5.69 Å². The van der Waals surface area contributed by atoms with Crippen LogP contribution >= 0.6 is 0 Å². The summed E-state index contributed by atoms with van der Waals surface area (Å²) in [5.41, 5.74) is 3.48. The third-order valence-corrected chi connectivity index (χ3v) is 6.19. The molecule has 0 saturated carbocycles. The summed E-state index contributed by atoms with van der Waals surface area (Å²) in [4.78, 5) is 12.7. The van der Waals surface area contributed by atoms with Gasteiger partial charge in [-0.2, -0.15) is 5.26 Å². The number of nitrogens with one attached hydrogen (secondary N) is 1. The van der Waals surface area contributed by atoms with Gasteiger partial charge in [0.2, 0.25) is 0 Å². The number of amides is 1. The Morgan fingerprint density at radius 3 is 2.10 bits per heavy atom. The van der Waals surface area contributed by atoms with Gasteiger partial charge in [-0.3, -0.25) is 4.79 Å². The minimum atomic E-state index is -0.480. The Morgan fingerprint density at radius 1 is 0.718 bits per heavy atom. The molecule has 0 spiro atoms. The van der Waals surface area contributed by atoms with Gasteiger partial charge in [-0.15, -0.1) is 0 Å². The molecule has 0 aromatic heterocycles. The smallest absolute Gasteiger partial charge is 0.266 e. The lowest BCUT2D eigenvalue weighted by Gasteiger charge is -2.10. The van der Waals surface area contributed by atoms with Gasteiger partial charge in [0, 0.05) is 5.69 Å². The number of carbonyl (C=O) groups excluding carboxylic acids is 1. The summed E-state index contributed by atoms with van der Waals surface area (Å²) in [6, 6.07) is 40.6. The van der Waals surface area contributed by atoms with Crippen LogP contribution in [0, 0.1) is 11.3 Å². The number of nitriles is 1. The predicted molar refractivity (Wildman–Crippen MR) is 154 cm³/mol. The summed E-state index contributed by atoms with van der Waals surface area (Å²) in [7, 11) is 0. The molecular weight excluding hydrogens is 484 g/mol. The van der Waals surface area contributed by atoms with Crippen molar-refractivity contribution in [3.05, 3.63) is 144 Å². The van der Waals surface area contributed by atoms with Crippen LogP contribution in [0.25, 0.3) is 16.8 Å². The van der Waals surface area contributed by atoms with E-state index in [4.69, 9.17) is 9.47 Å². The summed E-state index contributed by atoms with van der Waals surface area (Å²) >= 11 is 0. The highest BCUT2D eigenvalue weighted by Gasteiger charge is 2.10. The molecule has 5 aromatic carbocycles. The first-order chi connectivity index (χ1) is 19.2. The molecule has 0 atom stereocenters. The molecule has 5 nitrogen and oxygen atoms in total. The molecule has 0 aliphatic heterocycles. The molecule has 0 heterocycles. The van der Waals surface area contributed by atoms with Gasteiger partial charge in [0.1, 0.15) is 36.4 Å². The van der Waals surface area contributed by atoms with Crippen molar-refractivity contribution < 1.29 is 14.3 Å². The zero-order valence-electron chi connectivity index (χ0n) is 21.2. The number of ether oxygens (including phenoxy) is 2. The summed E-state index contributed by atoms with van der Waals surface area (Å²) in [5, 5.41) is 14.7. The van der Waals surface area contributed by atoms with Crippen LogP contribution in [-0.4, -0.2) is 5.91 Å². The maximum Gasteiger partial charge on any atom is 0.266 e. The lowest BCUT2D eigenvalue weighted by Crippen LogP contribution is -2.13. The average Bonchev–Trinajstić information content (AvgIpc) is 2.99. The molecule has 0 bridgehead atoms. The fourth-order valence-electron chi connectivity index (χ4n) is 4.13. The molecule has 1 N–H and O–H groups in total. The van der Waals surface area contributed by atoms with Crippen molar-refractivity contribution in [1.29, 1.82) is 5.26 Å². The molecule has 0 aliphatic carbocycles. The second kappa shape index (κ2) is 12.3. The molecule has 0 fully saturated rings. The Kier molecular flexibility index (Phi) is 7.96. The molecule has 0 radical (unpaired) electrons. The summed E-state index contributed by atoms with van der Waals surface area (Å²) < 4.78 is 11.8. The number of hydrogen-bond donors (Lipinski definition) is 1. The Morgan fingerprint density at radius 2 is 1.36 bits per heavy atom. The van der Waals surface area contributed by atoms with E-state index < -0.39 is 5.91 Å². The van der Waals surface area contributed by atoms with Crippen LogP contribution in [0.3, 0.4) is 0 Å². The zero-order chi connectivity index (χ0) is 26.9. The first-order valence-corrected chi connectivity index (χ1v) is 12.6. The largest absolute Gasteiger partial charge is 0.489 e. The van der Waals surface area contributed by atoms with Crippen LogP contribution in [0.15, 0.2) is 127 Å². The number of benzene rings is 5. The number of hydrogen-bond acceptors (Lipinski definition) is 4. The predicted octanol–water partition coefficient (Wildman–Crippen LogP) is 7.54. The van der Waals surface area contributed by atoms with Crippen molar-refractivity contribution in [2.75, 3.05) is 5.32 Å². The second-order valence-corrected chi connectivity index (χ2v) is 8.92. The van der Waals surface area contributed by atoms with E-state index in [1.807, 2.05) is 78.9 Å². The van der Waals surface area contributed by atoms with Gasteiger partial charge in [-0.1, -0.05) is 84.9 Å². The Bertz CT molecular complexity index is 1630. The first kappa shape index (κ1) is 25.3. The molecule has 5 heteroatoms. The molecular formula is C34H26N2O3. The molecule has 190 valence electrons. The average molecular weight is 511 g/mol. The van der Waals surface area contributed by atoms with Gasteiger partial charge >= 0.3 is 0 Å². The highest BCUT2D eigenvalue weighted by atomic mass is 16.5. The van der Waals surface area contributed by atoms with Gasteiger partial charge < -0.3 is 14.8 Å². The molecule has 1 amide bonds. The lowest BCUT2D eigenvalue weighted by molar-refractivity contribution is -0.112. The van der Waals surface area contributed by atoms with E-state index in [2.05, 4.69) is 29.6 Å². The van der Waals surface area contributed by atoms with E-state index in [0.717, 1.165) is 16.7 Å². The maximum absolute atomic E-state index is 12.7. The normalized spacial score (nSPS) is 11.0. The van der Waals surface area contributed by atoms with E-state index in [-0.39, 0.29) is 5.57 Å². The monoisotopic (exact) mass is 510 g/mol. The van der Waals surface area contributed by atoms with Gasteiger partial charge in [0.05, 0.1) is 0 Å². The lowest BCUT2D eigenvalue weighted by atomic mass is 10.1. The van der Waals surface area contributed by atoms with Crippen LogP contribution in [-0.2, 0) is 18.0 Å². The van der Waals surface area contributed by atoms with Gasteiger partial charge in [0.25, 0.3) is 5.91 Å². The Labute approximate surface area is 227 Å². The fraction of sp³-hybridized carbons (Fsp3) is 0.0588. The van der Waals surface area contributed by atoms with Crippen molar-refractivity contribution in [2.45, 2.75) is 13.2 Å². The van der Waals surface area contributed by atoms with E-state index in [9.17, 15) is 10.1 Å². The minimum absolute atomic E-state index is 0.00354. The standard InChI is InChI=1S/C34H26N2O3/c35-22-29(34(37)36-30-15-19-32(20-16-30)38-23-26-7-2-1-3-8-26)21-25-13-17-31(18-14-25)39-24-28-11-6-10-27-9-4-5-12-33(27)28/h1-21H,23-24H2,(H,36,37)/b29-21+. The third kappa shape index (κ3) is 6.71. The summed E-state index contributed by atoms with van der Waals surface area (Å²) in [6.45, 7) is 0.902. The number of anilines is 1. The number of nitrogens with zero attached hydrogens (tertiary/aromatic N) is 1. The first-order valence-electron chi connectivity index (χ1n) is 12.6. The number of rotatable bonds is 9. The maximum atomic E-state index is 12.7. The molecule has 0 aliphatic rings. The van der Waals surface area contributed by atoms with E-state index in [0.29, 0.717) is 30.4 Å². The summed E-state index contributed by atoms with van der Waals surface area (Å²) in [6.07, 6.45) is 1.56. The van der Waals surface area contributed by atoms with Gasteiger partial charge in [0.15, 0.2) is 0 Å². The highest BCUT2D eigenvalue weighted by molar-refractivity contribution is 6.09. The van der Waals surface area contributed by atoms with Crippen LogP contribution in [0.2, 0.25) is 0 Å². The van der Waals surface area contributed by atoms with Gasteiger partial charge in [-0.05, 0) is 69.9 Å². The quantitative estimate of drug-likeness (QED) is 0.164. The van der Waals surface area contributed by atoms with Crippen LogP contribution in [0.5, 0.6) is 11.5 Å². The van der Waals surface area contributed by atoms with Crippen molar-refractivity contribution >= 4 is 28.4 Å². The molecule has 5 rings (SSSR count). The minimum Gasteiger partial charge on any atom is -0.489 e. The van der Waals surface area contributed by atoms with E-state index >= 15 is 0 Å². The van der Waals surface area contributed by atoms with Crippen molar-refractivity contribution in [2.24, 2.45) is 0 Å². The highest BCUT2D eigenvalue weighted by Crippen LogP contribution is 2.22. The van der Waals surface area contributed by atoms with Crippen LogP contribution < -0.4 is 14.8 Å². The van der Waals surface area contributed by atoms with Crippen molar-refractivity contribution in [1.82, 2.24) is 0 Å². The van der Waals surface area contributed by atoms with Crippen molar-refractivity contribution in [3.8, 4) is 17.6 Å². The molecule has 39 heavy (non-hydrogen) atoms. The molecule has 0 saturated heterocycles. The third-order valence-electron chi connectivity index (χ3n) is 6.19. The van der Waals surface area contributed by atoms with Crippen LogP contribution in [0.1, 0.15) is 16.7 Å². The van der Waals surface area contributed by atoms with Gasteiger partial charge in [-0.25, -0.2) is 0 Å². The molecule has 0 unspecified atom stereocenters.